The van der Waals surface area contributed by atoms with E-state index in [1.165, 1.54) is 13.8 Å². The van der Waals surface area contributed by atoms with Gasteiger partial charge in [-0.2, -0.15) is 0 Å². The lowest BCUT2D eigenvalue weighted by Gasteiger charge is -2.35. The first-order chi connectivity index (χ1) is 21.1. The highest BCUT2D eigenvalue weighted by atomic mass is 16.6. The van der Waals surface area contributed by atoms with Gasteiger partial charge in [0.2, 0.25) is 5.91 Å². The molecule has 0 fully saturated rings. The fourth-order valence-corrected chi connectivity index (χ4v) is 5.19. The maximum absolute atomic E-state index is 12.6. The Kier molecular flexibility index (Phi) is 12.5. The lowest BCUT2D eigenvalue weighted by molar-refractivity contribution is -0.193. The van der Waals surface area contributed by atoms with Crippen LogP contribution in [0.5, 0.6) is 0 Å². The van der Waals surface area contributed by atoms with Crippen LogP contribution < -0.4 is 10.6 Å². The normalized spacial score (nSPS) is 15.7. The predicted molar refractivity (Wildman–Crippen MR) is 165 cm³/mol. The Hall–Kier alpha value is -3.55. The molecular formula is C33H46N2O10. The van der Waals surface area contributed by atoms with Gasteiger partial charge >= 0.3 is 12.1 Å². The number of carbonyl (C=O) groups excluding carboxylic acids is 2. The molecule has 12 nitrogen and oxygen atoms in total. The summed E-state index contributed by atoms with van der Waals surface area (Å²) in [5.74, 6) is -3.35. The maximum atomic E-state index is 12.6. The van der Waals surface area contributed by atoms with Crippen molar-refractivity contribution in [3.05, 3.63) is 59.7 Å². The molecule has 1 aliphatic rings. The van der Waals surface area contributed by atoms with Crippen LogP contribution in [-0.4, -0.2) is 93.9 Å². The van der Waals surface area contributed by atoms with Gasteiger partial charge in [0.05, 0.1) is 30.5 Å². The van der Waals surface area contributed by atoms with Crippen molar-refractivity contribution in [1.82, 2.24) is 10.6 Å². The number of ether oxygens (including phenoxy) is 3. The fraction of sp³-hybridized carbons (Fsp3) is 0.545. The summed E-state index contributed by atoms with van der Waals surface area (Å²) in [7, 11) is 0. The van der Waals surface area contributed by atoms with Crippen LogP contribution in [-0.2, 0) is 23.8 Å². The summed E-state index contributed by atoms with van der Waals surface area (Å²) in [6, 6.07) is 14.3. The van der Waals surface area contributed by atoms with Crippen molar-refractivity contribution in [3.8, 4) is 11.1 Å². The zero-order valence-electron chi connectivity index (χ0n) is 26.5. The summed E-state index contributed by atoms with van der Waals surface area (Å²) in [6.07, 6.45) is -3.99. The number of aliphatic hydroxyl groups excluding tert-OH is 2. The number of carboxylic acid groups (broad SMARTS) is 1. The van der Waals surface area contributed by atoms with Gasteiger partial charge in [0.1, 0.15) is 12.6 Å². The molecule has 0 aromatic heterocycles. The van der Waals surface area contributed by atoms with E-state index in [1.54, 1.807) is 20.8 Å². The van der Waals surface area contributed by atoms with Crippen LogP contribution in [0.1, 0.15) is 70.9 Å². The highest BCUT2D eigenvalue weighted by Gasteiger charge is 2.33. The molecule has 4 atom stereocenters. The van der Waals surface area contributed by atoms with Gasteiger partial charge in [-0.15, -0.1) is 0 Å². The number of aliphatic carboxylic acids is 1. The molecule has 1 aliphatic carbocycles. The molecule has 45 heavy (non-hydrogen) atoms. The van der Waals surface area contributed by atoms with Gasteiger partial charge < -0.3 is 45.3 Å². The third-order valence-corrected chi connectivity index (χ3v) is 7.78. The molecule has 3 rings (SSSR count). The molecule has 2 aromatic carbocycles. The minimum atomic E-state index is -1.36. The van der Waals surface area contributed by atoms with E-state index in [-0.39, 0.29) is 44.9 Å². The second-order valence-electron chi connectivity index (χ2n) is 12.3. The molecule has 2 amide bonds. The zero-order chi connectivity index (χ0) is 33.4. The van der Waals surface area contributed by atoms with Crippen molar-refractivity contribution < 1.29 is 49.0 Å². The van der Waals surface area contributed by atoms with Crippen molar-refractivity contribution in [2.24, 2.45) is 0 Å². The Labute approximate surface area is 263 Å². The maximum Gasteiger partial charge on any atom is 0.407 e. The number of alkyl carbamates (subject to hydrolysis) is 1. The molecule has 12 heteroatoms. The second-order valence-corrected chi connectivity index (χ2v) is 12.3. The summed E-state index contributed by atoms with van der Waals surface area (Å²) in [5.41, 5.74) is 3.12. The van der Waals surface area contributed by atoms with Gasteiger partial charge in [0.15, 0.2) is 5.79 Å². The van der Waals surface area contributed by atoms with Gasteiger partial charge in [0, 0.05) is 18.9 Å². The first kappa shape index (κ1) is 35.9. The summed E-state index contributed by atoms with van der Waals surface area (Å²) in [6.45, 7) is 7.81. The number of carboxylic acids is 1. The summed E-state index contributed by atoms with van der Waals surface area (Å²) in [5, 5.41) is 45.1. The van der Waals surface area contributed by atoms with Gasteiger partial charge in [-0.05, 0) is 69.7 Å². The smallest absolute Gasteiger partial charge is 0.407 e. The molecule has 0 saturated heterocycles. The Morgan fingerprint density at radius 2 is 1.51 bits per heavy atom. The Bertz CT molecular complexity index is 1260. The van der Waals surface area contributed by atoms with Crippen molar-refractivity contribution in [2.75, 3.05) is 19.8 Å². The molecule has 0 radical (unpaired) electrons. The quantitative estimate of drug-likeness (QED) is 0.142. The number of amides is 2. The molecule has 0 spiro atoms. The van der Waals surface area contributed by atoms with Gasteiger partial charge in [0.25, 0.3) is 0 Å². The summed E-state index contributed by atoms with van der Waals surface area (Å²) in [4.78, 5) is 36.8. The molecule has 0 saturated carbocycles. The van der Waals surface area contributed by atoms with Crippen LogP contribution in [0.4, 0.5) is 4.79 Å². The van der Waals surface area contributed by atoms with E-state index in [0.717, 1.165) is 22.3 Å². The number of hydrogen-bond donors (Lipinski definition) is 6. The minimum absolute atomic E-state index is 0.0211. The first-order valence-electron chi connectivity index (χ1n) is 15.1. The Morgan fingerprint density at radius 1 is 0.933 bits per heavy atom. The van der Waals surface area contributed by atoms with E-state index in [1.807, 2.05) is 48.5 Å². The van der Waals surface area contributed by atoms with Crippen LogP contribution >= 0.6 is 0 Å². The Morgan fingerprint density at radius 3 is 2.07 bits per heavy atom. The fourth-order valence-electron chi connectivity index (χ4n) is 5.19. The van der Waals surface area contributed by atoms with Crippen LogP contribution in [0.15, 0.2) is 48.5 Å². The Balaban J connectivity index is 1.42. The predicted octanol–water partition coefficient (Wildman–Crippen LogP) is 2.92. The van der Waals surface area contributed by atoms with Crippen molar-refractivity contribution in [1.29, 1.82) is 0 Å². The number of benzene rings is 2. The molecule has 248 valence electrons. The van der Waals surface area contributed by atoms with Crippen LogP contribution in [0.2, 0.25) is 0 Å². The highest BCUT2D eigenvalue weighted by Crippen LogP contribution is 2.44. The SMILES string of the molecule is CC(OC(C)(C)C(O)CCOC(C)(C)O)C(O)CNC(=O)CCC(NC(=O)OCC1c2ccccc2-c2ccccc21)C(=O)O. The number of rotatable bonds is 17. The number of aliphatic hydroxyl groups is 3. The van der Waals surface area contributed by atoms with E-state index in [2.05, 4.69) is 10.6 Å². The third kappa shape index (κ3) is 10.5. The molecule has 2 aromatic rings. The summed E-state index contributed by atoms with van der Waals surface area (Å²) >= 11 is 0. The largest absolute Gasteiger partial charge is 0.480 e. The molecular weight excluding hydrogens is 584 g/mol. The monoisotopic (exact) mass is 630 g/mol. The average Bonchev–Trinajstić information content (AvgIpc) is 3.29. The minimum Gasteiger partial charge on any atom is -0.480 e. The molecule has 0 aliphatic heterocycles. The molecule has 0 heterocycles. The second kappa shape index (κ2) is 15.6. The molecule has 0 bridgehead atoms. The number of nitrogens with one attached hydrogen (secondary N) is 2. The highest BCUT2D eigenvalue weighted by molar-refractivity contribution is 5.82. The van der Waals surface area contributed by atoms with Crippen LogP contribution in [0.25, 0.3) is 11.1 Å². The summed E-state index contributed by atoms with van der Waals surface area (Å²) < 4.78 is 16.5. The molecule has 6 N–H and O–H groups in total. The van der Waals surface area contributed by atoms with Gasteiger partial charge in [-0.3, -0.25) is 4.79 Å². The van der Waals surface area contributed by atoms with E-state index < -0.39 is 53.7 Å². The van der Waals surface area contributed by atoms with Gasteiger partial charge in [-0.1, -0.05) is 48.5 Å². The van der Waals surface area contributed by atoms with Crippen LogP contribution in [0, 0.1) is 0 Å². The standard InChI is InChI=1S/C33H46N2O10/c1-20(45-32(2,3)28(37)16-17-44-33(4,5)42)27(36)18-34-29(38)15-14-26(30(39)40)35-31(41)43-19-25-23-12-8-6-10-21(23)22-11-7-9-13-24(22)25/h6-13,20,25-28,36-37,42H,14-19H2,1-5H3,(H,34,38)(H,35,41)(H,39,40). The topological polar surface area (TPSA) is 184 Å². The van der Waals surface area contributed by atoms with E-state index in [9.17, 15) is 34.8 Å². The average molecular weight is 631 g/mol. The number of fused-ring (bicyclic) bond motifs is 3. The van der Waals surface area contributed by atoms with E-state index in [4.69, 9.17) is 14.2 Å². The van der Waals surface area contributed by atoms with Crippen LogP contribution in [0.3, 0.4) is 0 Å². The van der Waals surface area contributed by atoms with E-state index in [0.29, 0.717) is 0 Å². The van der Waals surface area contributed by atoms with E-state index >= 15 is 0 Å². The first-order valence-corrected chi connectivity index (χ1v) is 15.1. The number of carbonyl (C=O) groups is 3. The van der Waals surface area contributed by atoms with Gasteiger partial charge in [-0.25, -0.2) is 9.59 Å². The number of hydrogen-bond acceptors (Lipinski definition) is 9. The molecule has 4 unspecified atom stereocenters. The lowest BCUT2D eigenvalue weighted by Crippen LogP contribution is -2.47. The zero-order valence-corrected chi connectivity index (χ0v) is 26.5. The lowest BCUT2D eigenvalue weighted by atomic mass is 9.98. The van der Waals surface area contributed by atoms with Crippen molar-refractivity contribution in [3.63, 3.8) is 0 Å². The third-order valence-electron chi connectivity index (χ3n) is 7.78. The van der Waals surface area contributed by atoms with Crippen molar-refractivity contribution in [2.45, 2.75) is 95.5 Å². The van der Waals surface area contributed by atoms with Crippen molar-refractivity contribution >= 4 is 18.0 Å².